The summed E-state index contributed by atoms with van der Waals surface area (Å²) in [6, 6.07) is 60.4. The van der Waals surface area contributed by atoms with Gasteiger partial charge < -0.3 is 36.2 Å². The van der Waals surface area contributed by atoms with Gasteiger partial charge in [-0.2, -0.15) is 0 Å². The Hall–Kier alpha value is -6.92. The number of nitrogens with zero attached hydrogens (tertiary/aromatic N) is 4. The Balaban J connectivity index is 1.52. The van der Waals surface area contributed by atoms with Crippen molar-refractivity contribution >= 4 is 30.6 Å². The van der Waals surface area contributed by atoms with Crippen molar-refractivity contribution in [2.24, 2.45) is 18.1 Å². The molecule has 0 aromatic heterocycles. The number of benzene rings is 8. The Bertz CT molecular complexity index is 2840. The van der Waals surface area contributed by atoms with Crippen LogP contribution in [-0.2, 0) is 0 Å². The smallest absolute Gasteiger partial charge is 0.413 e. The topological polar surface area (TPSA) is 123 Å². The molecule has 0 atom stereocenters. The van der Waals surface area contributed by atoms with Crippen molar-refractivity contribution in [1.82, 2.24) is 0 Å². The lowest BCUT2D eigenvalue weighted by Gasteiger charge is -2.33. The third kappa shape index (κ3) is 12.9. The van der Waals surface area contributed by atoms with E-state index in [1.165, 1.54) is 0 Å². The van der Waals surface area contributed by atoms with Gasteiger partial charge in [0, 0.05) is 0 Å². The summed E-state index contributed by atoms with van der Waals surface area (Å²) in [5, 5.41) is 0. The molecular weight excluding hydrogens is 981 g/mol. The maximum absolute atomic E-state index is 7.30. The van der Waals surface area contributed by atoms with Crippen molar-refractivity contribution in [2.75, 3.05) is 0 Å². The number of aryl methyl sites for hydroxylation is 8. The maximum Gasteiger partial charge on any atom is 0.460 e. The average Bonchev–Trinajstić information content (AvgIpc) is 3.28. The van der Waals surface area contributed by atoms with E-state index >= 15 is 0 Å². The Morgan fingerprint density at radius 1 is 0.208 bits per heavy atom. The van der Waals surface area contributed by atoms with E-state index in [0.717, 1.165) is 44.5 Å². The van der Waals surface area contributed by atoms with Crippen LogP contribution in [0.4, 0.5) is 0 Å². The van der Waals surface area contributed by atoms with E-state index in [2.05, 4.69) is 0 Å². The molecule has 0 radical (unpaired) electrons. The fourth-order valence-corrected chi connectivity index (χ4v) is 19.5. The van der Waals surface area contributed by atoms with E-state index < -0.39 is 30.6 Å². The van der Waals surface area contributed by atoms with Crippen molar-refractivity contribution in [3.8, 4) is 46.0 Å². The van der Waals surface area contributed by atoms with Crippen LogP contribution >= 0.6 is 30.6 Å². The van der Waals surface area contributed by atoms with Gasteiger partial charge in [0.25, 0.3) is 0 Å². The van der Waals surface area contributed by atoms with Crippen LogP contribution in [0.15, 0.2) is 212 Å². The van der Waals surface area contributed by atoms with Crippen molar-refractivity contribution in [1.29, 1.82) is 0 Å². The third-order valence-corrected chi connectivity index (χ3v) is 21.4. The third-order valence-electron chi connectivity index (χ3n) is 10.6. The van der Waals surface area contributed by atoms with Crippen LogP contribution in [0.5, 0.6) is 46.0 Å². The molecule has 8 aromatic carbocycles. The Morgan fingerprint density at radius 2 is 0.333 bits per heavy atom. The molecule has 0 amide bonds. The van der Waals surface area contributed by atoms with E-state index in [1.54, 1.807) is 0 Å². The van der Waals surface area contributed by atoms with Crippen LogP contribution in [0.3, 0.4) is 0 Å². The predicted molar refractivity (Wildman–Crippen MR) is 292 cm³/mol. The number of rotatable bonds is 16. The van der Waals surface area contributed by atoms with Gasteiger partial charge in [0.05, 0.1) is 0 Å². The molecule has 0 aliphatic carbocycles. The number of hydrogen-bond acceptors (Lipinski definition) is 12. The first-order valence-corrected chi connectivity index (χ1v) is 29.4. The Morgan fingerprint density at radius 3 is 0.444 bits per heavy atom. The molecule has 0 fully saturated rings. The lowest BCUT2D eigenvalue weighted by molar-refractivity contribution is 0.443. The largest absolute Gasteiger partial charge is 0.460 e. The monoisotopic (exact) mass is 1040 g/mol. The van der Waals surface area contributed by atoms with Crippen LogP contribution in [0, 0.1) is 55.4 Å². The zero-order chi connectivity index (χ0) is 50.4. The molecule has 0 N–H and O–H groups in total. The lowest BCUT2D eigenvalue weighted by atomic mass is 10.2. The molecule has 0 spiro atoms. The minimum atomic E-state index is -4.45. The molecule has 12 nitrogen and oxygen atoms in total. The highest BCUT2D eigenvalue weighted by Gasteiger charge is 2.49. The molecule has 9 rings (SSSR count). The van der Waals surface area contributed by atoms with Crippen LogP contribution in [-0.4, -0.2) is 0 Å². The predicted octanol–water partition coefficient (Wildman–Crippen LogP) is 18.9. The van der Waals surface area contributed by atoms with Crippen molar-refractivity contribution in [2.45, 2.75) is 55.4 Å². The number of hydrogen-bond donors (Lipinski definition) is 0. The second-order valence-corrected chi connectivity index (χ2v) is 25.8. The molecule has 0 bridgehead atoms. The maximum atomic E-state index is 7.30. The zero-order valence-corrected chi connectivity index (χ0v) is 44.9. The fraction of sp³-hybridized carbons (Fsp3) is 0.143. The zero-order valence-electron chi connectivity index (χ0n) is 41.3. The molecule has 8 aromatic rings. The van der Waals surface area contributed by atoms with Crippen molar-refractivity contribution < 1.29 is 36.2 Å². The minimum absolute atomic E-state index is 0.380. The highest BCUT2D eigenvalue weighted by Crippen LogP contribution is 2.79. The van der Waals surface area contributed by atoms with Crippen molar-refractivity contribution in [3.63, 3.8) is 0 Å². The summed E-state index contributed by atoms with van der Waals surface area (Å²) in [7, 11) is -17.8. The normalized spacial score (nSPS) is 15.0. The van der Waals surface area contributed by atoms with E-state index in [9.17, 15) is 0 Å². The lowest BCUT2D eigenvalue weighted by Crippen LogP contribution is -2.11. The summed E-state index contributed by atoms with van der Waals surface area (Å²) >= 11 is 0. The molecule has 0 saturated carbocycles. The minimum Gasteiger partial charge on any atom is -0.413 e. The van der Waals surface area contributed by atoms with Crippen LogP contribution in [0.25, 0.3) is 0 Å². The van der Waals surface area contributed by atoms with Crippen LogP contribution in [0.2, 0.25) is 0 Å². The summed E-state index contributed by atoms with van der Waals surface area (Å²) in [4.78, 5) is 0. The molecule has 1 heterocycles. The molecule has 72 heavy (non-hydrogen) atoms. The van der Waals surface area contributed by atoms with Crippen LogP contribution in [0.1, 0.15) is 44.5 Å². The molecule has 0 saturated heterocycles. The van der Waals surface area contributed by atoms with E-state index in [0.29, 0.717) is 46.0 Å². The van der Waals surface area contributed by atoms with Gasteiger partial charge in [0.1, 0.15) is 46.0 Å². The quantitative estimate of drug-likeness (QED) is 0.0877. The van der Waals surface area contributed by atoms with E-state index in [4.69, 9.17) is 54.3 Å². The first-order valence-electron chi connectivity index (χ1n) is 23.3. The van der Waals surface area contributed by atoms with Gasteiger partial charge in [-0.25, -0.2) is 0 Å². The van der Waals surface area contributed by atoms with Gasteiger partial charge in [-0.1, -0.05) is 115 Å². The Kier molecular flexibility index (Phi) is 14.9. The standard InChI is InChI=1S/C56H56N4O8P4/c1-41-17-9-25-49(33-41)61-69(62-50-26-10-18-42(2)34-50)57-70(63-51-27-11-19-43(3)35-51,64-52-28-12-20-44(4)36-52)59-72(67-55-31-15-23-47(7)39-55,68-56-32-16-24-48(8)40-56)60-71(58-69,65-53-29-13-21-45(5)37-53)66-54-30-14-22-46(6)38-54/h9-40H,1-8H3. The van der Waals surface area contributed by atoms with E-state index in [-0.39, 0.29) is 0 Å². The summed E-state index contributed by atoms with van der Waals surface area (Å²) in [5.41, 5.74) is 7.27. The van der Waals surface area contributed by atoms with Gasteiger partial charge in [0.2, 0.25) is 0 Å². The fourth-order valence-electron chi connectivity index (χ4n) is 7.49. The summed E-state index contributed by atoms with van der Waals surface area (Å²) in [5.74, 6) is 3.04. The highest BCUT2D eigenvalue weighted by atomic mass is 31.3. The van der Waals surface area contributed by atoms with Gasteiger partial charge in [-0.05, 0) is 197 Å². The molecule has 0 unspecified atom stereocenters. The van der Waals surface area contributed by atoms with Gasteiger partial charge in [0.15, 0.2) is 0 Å². The van der Waals surface area contributed by atoms with Gasteiger partial charge >= 0.3 is 30.6 Å². The first kappa shape index (κ1) is 50.0. The second-order valence-electron chi connectivity index (χ2n) is 17.6. The van der Waals surface area contributed by atoms with Crippen molar-refractivity contribution in [3.05, 3.63) is 239 Å². The molecule has 16 heteroatoms. The summed E-state index contributed by atoms with van der Waals surface area (Å²) in [6.45, 7) is 15.8. The molecule has 1 aliphatic rings. The highest BCUT2D eigenvalue weighted by molar-refractivity contribution is 7.79. The molecule has 1 aliphatic heterocycles. The molecule has 368 valence electrons. The summed E-state index contributed by atoms with van der Waals surface area (Å²) < 4.78 is 81.2. The average molecular weight is 1040 g/mol. The SMILES string of the molecule is Cc1cccc(OP2(Oc3cccc(C)c3)=NP(Oc3cccc(C)c3)(Oc3cccc(C)c3)=NP(Oc3cccc(C)c3)(Oc3cccc(C)c3)=NP(Oc3cccc(C)c3)(Oc3cccc(C)c3)=N2)c1. The summed E-state index contributed by atoms with van der Waals surface area (Å²) in [6.07, 6.45) is 0. The van der Waals surface area contributed by atoms with Crippen LogP contribution < -0.4 is 36.2 Å². The molecular formula is C56H56N4O8P4. The van der Waals surface area contributed by atoms with E-state index in [1.807, 2.05) is 250 Å². The Labute approximate surface area is 423 Å². The van der Waals surface area contributed by atoms with Gasteiger partial charge in [-0.3, -0.25) is 0 Å². The van der Waals surface area contributed by atoms with Gasteiger partial charge in [-0.15, -0.1) is 0 Å². The second kappa shape index (κ2) is 21.4. The first-order chi connectivity index (χ1) is 34.6.